The summed E-state index contributed by atoms with van der Waals surface area (Å²) in [6, 6.07) is 8.64. The van der Waals surface area contributed by atoms with Crippen LogP contribution in [0.3, 0.4) is 0 Å². The monoisotopic (exact) mass is 323 g/mol. The Morgan fingerprint density at radius 1 is 1.19 bits per heavy atom. The van der Waals surface area contributed by atoms with E-state index in [1.807, 2.05) is 13.8 Å². The van der Waals surface area contributed by atoms with Gasteiger partial charge in [-0.25, -0.2) is 4.98 Å². The quantitative estimate of drug-likeness (QED) is 0.883. The van der Waals surface area contributed by atoms with E-state index in [9.17, 15) is 4.79 Å². The van der Waals surface area contributed by atoms with Gasteiger partial charge in [0.25, 0.3) is 5.91 Å². The van der Waals surface area contributed by atoms with Gasteiger partial charge in [-0.15, -0.1) is 0 Å². The number of hydrogen-bond donors (Lipinski definition) is 2. The Labute approximate surface area is 133 Å². The van der Waals surface area contributed by atoms with Gasteiger partial charge in [0.1, 0.15) is 5.69 Å². The van der Waals surface area contributed by atoms with Crippen LogP contribution in [0.5, 0.6) is 0 Å². The lowest BCUT2D eigenvalue weighted by Crippen LogP contribution is -2.30. The van der Waals surface area contributed by atoms with Gasteiger partial charge in [-0.2, -0.15) is 0 Å². The Morgan fingerprint density at radius 3 is 2.57 bits per heavy atom. The Bertz CT molecular complexity index is 642. The predicted octanol–water partition coefficient (Wildman–Crippen LogP) is 4.27. The number of carbonyl (C=O) groups excluding carboxylic acids is 1. The van der Waals surface area contributed by atoms with Crippen molar-refractivity contribution < 1.29 is 4.79 Å². The van der Waals surface area contributed by atoms with Crippen molar-refractivity contribution in [3.05, 3.63) is 52.3 Å². The van der Waals surface area contributed by atoms with E-state index in [-0.39, 0.29) is 11.9 Å². The number of pyridine rings is 1. The van der Waals surface area contributed by atoms with Crippen molar-refractivity contribution in [3.8, 4) is 0 Å². The topological polar surface area (TPSA) is 54.0 Å². The van der Waals surface area contributed by atoms with Gasteiger partial charge >= 0.3 is 0 Å². The molecular weight excluding hydrogens is 309 g/mol. The van der Waals surface area contributed by atoms with Gasteiger partial charge in [-0.05, 0) is 44.2 Å². The zero-order valence-electron chi connectivity index (χ0n) is 11.7. The van der Waals surface area contributed by atoms with Crippen LogP contribution < -0.4 is 10.6 Å². The number of aromatic nitrogens is 1. The van der Waals surface area contributed by atoms with Crippen LogP contribution in [0.2, 0.25) is 10.0 Å². The highest BCUT2D eigenvalue weighted by atomic mass is 35.5. The van der Waals surface area contributed by atoms with Crippen molar-refractivity contribution in [1.29, 1.82) is 0 Å². The van der Waals surface area contributed by atoms with E-state index < -0.39 is 0 Å². The molecule has 0 aliphatic heterocycles. The summed E-state index contributed by atoms with van der Waals surface area (Å²) >= 11 is 12.0. The van der Waals surface area contributed by atoms with Crippen LogP contribution in [0.15, 0.2) is 36.5 Å². The summed E-state index contributed by atoms with van der Waals surface area (Å²) in [5.74, 6) is -0.197. The zero-order valence-corrected chi connectivity index (χ0v) is 13.2. The van der Waals surface area contributed by atoms with Crippen molar-refractivity contribution >= 4 is 40.5 Å². The molecule has 21 heavy (non-hydrogen) atoms. The molecule has 4 nitrogen and oxygen atoms in total. The molecule has 0 aliphatic rings. The number of halogens is 2. The van der Waals surface area contributed by atoms with Crippen LogP contribution in [0, 0.1) is 0 Å². The van der Waals surface area contributed by atoms with Crippen LogP contribution in [-0.2, 0) is 0 Å². The lowest BCUT2D eigenvalue weighted by molar-refractivity contribution is 0.0938. The molecule has 0 saturated heterocycles. The first-order valence-corrected chi connectivity index (χ1v) is 7.20. The number of benzene rings is 1. The SMILES string of the molecule is CC(C)NC(=O)c1ccc(Nc2cc(Cl)ccc2Cl)cn1. The zero-order chi connectivity index (χ0) is 15.4. The molecule has 6 heteroatoms. The molecule has 0 aliphatic carbocycles. The number of nitrogens with one attached hydrogen (secondary N) is 2. The molecule has 110 valence electrons. The molecule has 1 heterocycles. The summed E-state index contributed by atoms with van der Waals surface area (Å²) in [5.41, 5.74) is 1.78. The first-order valence-electron chi connectivity index (χ1n) is 6.44. The van der Waals surface area contributed by atoms with Gasteiger partial charge in [0, 0.05) is 11.1 Å². The molecule has 0 fully saturated rings. The molecule has 2 N–H and O–H groups in total. The fourth-order valence-corrected chi connectivity index (χ4v) is 2.02. The van der Waals surface area contributed by atoms with E-state index in [4.69, 9.17) is 23.2 Å². The van der Waals surface area contributed by atoms with Crippen molar-refractivity contribution in [2.24, 2.45) is 0 Å². The van der Waals surface area contributed by atoms with E-state index in [1.54, 1.807) is 36.5 Å². The number of amides is 1. The average Bonchev–Trinajstić information content (AvgIpc) is 2.43. The van der Waals surface area contributed by atoms with Gasteiger partial charge < -0.3 is 10.6 Å². The average molecular weight is 324 g/mol. The molecular formula is C15H15Cl2N3O. The van der Waals surface area contributed by atoms with E-state index in [2.05, 4.69) is 15.6 Å². The number of rotatable bonds is 4. The normalized spacial score (nSPS) is 10.5. The second-order valence-electron chi connectivity index (χ2n) is 4.81. The lowest BCUT2D eigenvalue weighted by atomic mass is 10.2. The number of nitrogens with zero attached hydrogens (tertiary/aromatic N) is 1. The van der Waals surface area contributed by atoms with Crippen molar-refractivity contribution in [3.63, 3.8) is 0 Å². The van der Waals surface area contributed by atoms with Crippen LogP contribution >= 0.6 is 23.2 Å². The Balaban J connectivity index is 2.12. The third-order valence-corrected chi connectivity index (χ3v) is 3.19. The summed E-state index contributed by atoms with van der Waals surface area (Å²) in [6.07, 6.45) is 1.58. The highest BCUT2D eigenvalue weighted by Crippen LogP contribution is 2.28. The summed E-state index contributed by atoms with van der Waals surface area (Å²) in [6.45, 7) is 3.80. The highest BCUT2D eigenvalue weighted by Gasteiger charge is 2.08. The predicted molar refractivity (Wildman–Crippen MR) is 86.6 cm³/mol. The molecule has 1 aromatic heterocycles. The third-order valence-electron chi connectivity index (χ3n) is 2.62. The fourth-order valence-electron chi connectivity index (χ4n) is 1.69. The Kier molecular flexibility index (Phi) is 5.04. The van der Waals surface area contributed by atoms with Crippen LogP contribution in [0.1, 0.15) is 24.3 Å². The van der Waals surface area contributed by atoms with Gasteiger partial charge in [-0.1, -0.05) is 23.2 Å². The molecule has 0 radical (unpaired) electrons. The summed E-state index contributed by atoms with van der Waals surface area (Å²) in [5, 5.41) is 7.04. The third kappa shape index (κ3) is 4.34. The first kappa shape index (κ1) is 15.6. The number of anilines is 2. The molecule has 0 saturated carbocycles. The largest absolute Gasteiger partial charge is 0.353 e. The number of hydrogen-bond acceptors (Lipinski definition) is 3. The maximum atomic E-state index is 11.8. The maximum absolute atomic E-state index is 11.8. The van der Waals surface area contributed by atoms with E-state index >= 15 is 0 Å². The fraction of sp³-hybridized carbons (Fsp3) is 0.200. The minimum Gasteiger partial charge on any atom is -0.353 e. The van der Waals surface area contributed by atoms with Crippen LogP contribution in [0.4, 0.5) is 11.4 Å². The lowest BCUT2D eigenvalue weighted by Gasteiger charge is -2.10. The minimum atomic E-state index is -0.197. The molecule has 1 amide bonds. The van der Waals surface area contributed by atoms with Crippen molar-refractivity contribution in [1.82, 2.24) is 10.3 Å². The van der Waals surface area contributed by atoms with Gasteiger partial charge in [0.05, 0.1) is 22.6 Å². The van der Waals surface area contributed by atoms with Crippen LogP contribution in [0.25, 0.3) is 0 Å². The van der Waals surface area contributed by atoms with Gasteiger partial charge in [0.2, 0.25) is 0 Å². The molecule has 2 rings (SSSR count). The smallest absolute Gasteiger partial charge is 0.270 e. The molecule has 1 aromatic carbocycles. The second-order valence-corrected chi connectivity index (χ2v) is 5.65. The highest BCUT2D eigenvalue weighted by molar-refractivity contribution is 6.35. The maximum Gasteiger partial charge on any atom is 0.270 e. The van der Waals surface area contributed by atoms with Gasteiger partial charge in [0.15, 0.2) is 0 Å². The molecule has 2 aromatic rings. The standard InChI is InChI=1S/C15H15Cl2N3O/c1-9(2)19-15(21)13-6-4-11(8-18-13)20-14-7-10(16)3-5-12(14)17/h3-9,20H,1-2H3,(H,19,21). The van der Waals surface area contributed by atoms with Crippen molar-refractivity contribution in [2.45, 2.75) is 19.9 Å². The van der Waals surface area contributed by atoms with Crippen LogP contribution in [-0.4, -0.2) is 16.9 Å². The Hall–Kier alpha value is -1.78. The summed E-state index contributed by atoms with van der Waals surface area (Å²) in [7, 11) is 0. The molecule has 0 spiro atoms. The Morgan fingerprint density at radius 2 is 1.95 bits per heavy atom. The summed E-state index contributed by atoms with van der Waals surface area (Å²) < 4.78 is 0. The molecule has 0 bridgehead atoms. The first-order chi connectivity index (χ1) is 9.95. The summed E-state index contributed by atoms with van der Waals surface area (Å²) in [4.78, 5) is 15.9. The van der Waals surface area contributed by atoms with Gasteiger partial charge in [-0.3, -0.25) is 4.79 Å². The minimum absolute atomic E-state index is 0.0716. The van der Waals surface area contributed by atoms with E-state index in [0.29, 0.717) is 21.4 Å². The molecule has 0 atom stereocenters. The molecule has 0 unspecified atom stereocenters. The second kappa shape index (κ2) is 6.78. The van der Waals surface area contributed by atoms with E-state index in [0.717, 1.165) is 5.69 Å². The number of carbonyl (C=O) groups is 1. The van der Waals surface area contributed by atoms with Crippen molar-refractivity contribution in [2.75, 3.05) is 5.32 Å². The van der Waals surface area contributed by atoms with E-state index in [1.165, 1.54) is 0 Å².